The number of benzene rings is 1. The van der Waals surface area contributed by atoms with Gasteiger partial charge in [-0.2, -0.15) is 0 Å². The first-order chi connectivity index (χ1) is 8.08. The summed E-state index contributed by atoms with van der Waals surface area (Å²) in [4.78, 5) is 11.9. The molecule has 0 spiro atoms. The Bertz CT molecular complexity index is 451. The SMILES string of the molecule is C#CCC(CC)NC(=O)c1ccc(Br)cc1N. The van der Waals surface area contributed by atoms with Crippen LogP contribution < -0.4 is 11.1 Å². The van der Waals surface area contributed by atoms with Crippen LogP contribution in [0.2, 0.25) is 0 Å². The van der Waals surface area contributed by atoms with Gasteiger partial charge in [-0.05, 0) is 24.6 Å². The van der Waals surface area contributed by atoms with Crippen LogP contribution in [0.4, 0.5) is 5.69 Å². The van der Waals surface area contributed by atoms with Gasteiger partial charge in [-0.25, -0.2) is 0 Å². The van der Waals surface area contributed by atoms with Crippen molar-refractivity contribution in [3.63, 3.8) is 0 Å². The van der Waals surface area contributed by atoms with Gasteiger partial charge in [0.25, 0.3) is 5.91 Å². The molecule has 0 heterocycles. The highest BCUT2D eigenvalue weighted by Crippen LogP contribution is 2.18. The van der Waals surface area contributed by atoms with Crippen molar-refractivity contribution in [1.82, 2.24) is 5.32 Å². The molecule has 0 aliphatic rings. The first-order valence-electron chi connectivity index (χ1n) is 5.37. The lowest BCUT2D eigenvalue weighted by atomic mass is 10.1. The topological polar surface area (TPSA) is 55.1 Å². The monoisotopic (exact) mass is 294 g/mol. The predicted molar refractivity (Wildman–Crippen MR) is 73.5 cm³/mol. The molecule has 0 bridgehead atoms. The van der Waals surface area contributed by atoms with Crippen molar-refractivity contribution in [1.29, 1.82) is 0 Å². The number of amides is 1. The van der Waals surface area contributed by atoms with Crippen molar-refractivity contribution >= 4 is 27.5 Å². The number of carbonyl (C=O) groups excluding carboxylic acids is 1. The fourth-order valence-electron chi connectivity index (χ4n) is 1.44. The van der Waals surface area contributed by atoms with Crippen molar-refractivity contribution < 1.29 is 4.79 Å². The normalized spacial score (nSPS) is 11.6. The van der Waals surface area contributed by atoms with Gasteiger partial charge >= 0.3 is 0 Å². The van der Waals surface area contributed by atoms with E-state index in [0.717, 1.165) is 10.9 Å². The molecule has 0 saturated heterocycles. The summed E-state index contributed by atoms with van der Waals surface area (Å²) in [6.07, 6.45) is 6.56. The highest BCUT2D eigenvalue weighted by Gasteiger charge is 2.13. The van der Waals surface area contributed by atoms with Crippen LogP contribution in [-0.2, 0) is 0 Å². The third-order valence-corrected chi connectivity index (χ3v) is 2.94. The van der Waals surface area contributed by atoms with Crippen molar-refractivity contribution in [2.75, 3.05) is 5.73 Å². The van der Waals surface area contributed by atoms with Crippen LogP contribution in [0.15, 0.2) is 22.7 Å². The average molecular weight is 295 g/mol. The van der Waals surface area contributed by atoms with Crippen LogP contribution in [0.5, 0.6) is 0 Å². The fraction of sp³-hybridized carbons (Fsp3) is 0.308. The molecule has 3 N–H and O–H groups in total. The molecule has 0 aliphatic carbocycles. The van der Waals surface area contributed by atoms with Crippen LogP contribution in [0.1, 0.15) is 30.1 Å². The van der Waals surface area contributed by atoms with Gasteiger partial charge in [-0.15, -0.1) is 12.3 Å². The molecular weight excluding hydrogens is 280 g/mol. The van der Waals surface area contributed by atoms with Crippen LogP contribution >= 0.6 is 15.9 Å². The van der Waals surface area contributed by atoms with Crippen molar-refractivity contribution in [2.45, 2.75) is 25.8 Å². The second kappa shape index (κ2) is 6.31. The Balaban J connectivity index is 2.79. The molecule has 0 saturated carbocycles. The minimum absolute atomic E-state index is 0.00412. The fourth-order valence-corrected chi connectivity index (χ4v) is 1.82. The summed E-state index contributed by atoms with van der Waals surface area (Å²) in [5, 5.41) is 2.87. The molecular formula is C13H15BrN2O. The van der Waals surface area contributed by atoms with Crippen molar-refractivity contribution in [2.24, 2.45) is 0 Å². The third-order valence-electron chi connectivity index (χ3n) is 2.45. The van der Waals surface area contributed by atoms with E-state index in [1.165, 1.54) is 0 Å². The van der Waals surface area contributed by atoms with Gasteiger partial charge in [0, 0.05) is 22.6 Å². The number of nitrogens with one attached hydrogen (secondary N) is 1. The van der Waals surface area contributed by atoms with E-state index in [2.05, 4.69) is 27.2 Å². The number of carbonyl (C=O) groups is 1. The molecule has 0 aromatic heterocycles. The lowest BCUT2D eigenvalue weighted by molar-refractivity contribution is 0.0937. The number of terminal acetylenes is 1. The molecule has 0 fully saturated rings. The second-order valence-corrected chi connectivity index (χ2v) is 4.63. The molecule has 1 amide bonds. The van der Waals surface area contributed by atoms with Gasteiger partial charge < -0.3 is 11.1 Å². The summed E-state index contributed by atoms with van der Waals surface area (Å²) < 4.78 is 0.849. The maximum absolute atomic E-state index is 11.9. The maximum atomic E-state index is 11.9. The number of hydrogen-bond donors (Lipinski definition) is 2. The summed E-state index contributed by atoms with van der Waals surface area (Å²) >= 11 is 3.30. The summed E-state index contributed by atoms with van der Waals surface area (Å²) in [5.41, 5.74) is 6.71. The van der Waals surface area contributed by atoms with E-state index in [1.54, 1.807) is 18.2 Å². The van der Waals surface area contributed by atoms with Gasteiger partial charge in [0.1, 0.15) is 0 Å². The van der Waals surface area contributed by atoms with Gasteiger partial charge in [-0.1, -0.05) is 22.9 Å². The number of halogens is 1. The average Bonchev–Trinajstić information content (AvgIpc) is 2.28. The lowest BCUT2D eigenvalue weighted by Crippen LogP contribution is -2.34. The highest BCUT2D eigenvalue weighted by atomic mass is 79.9. The zero-order chi connectivity index (χ0) is 12.8. The first kappa shape index (κ1) is 13.6. The van der Waals surface area contributed by atoms with E-state index >= 15 is 0 Å². The van der Waals surface area contributed by atoms with E-state index < -0.39 is 0 Å². The molecule has 1 aromatic carbocycles. The molecule has 1 atom stereocenters. The summed E-state index contributed by atoms with van der Waals surface area (Å²) in [6.45, 7) is 1.98. The second-order valence-electron chi connectivity index (χ2n) is 3.72. The molecule has 1 unspecified atom stereocenters. The quantitative estimate of drug-likeness (QED) is 0.662. The molecule has 3 nitrogen and oxygen atoms in total. The Labute approximate surface area is 110 Å². The molecule has 0 aliphatic heterocycles. The number of nitrogens with two attached hydrogens (primary N) is 1. The van der Waals surface area contributed by atoms with Crippen LogP contribution in [0, 0.1) is 12.3 Å². The third kappa shape index (κ3) is 3.79. The molecule has 17 heavy (non-hydrogen) atoms. The van der Waals surface area contributed by atoms with E-state index in [-0.39, 0.29) is 11.9 Å². The molecule has 1 aromatic rings. The Kier molecular flexibility index (Phi) is 5.05. The van der Waals surface area contributed by atoms with Gasteiger partial charge in [0.2, 0.25) is 0 Å². The lowest BCUT2D eigenvalue weighted by Gasteiger charge is -2.15. The largest absolute Gasteiger partial charge is 0.398 e. The number of rotatable bonds is 4. The Morgan fingerprint density at radius 1 is 1.65 bits per heavy atom. The molecule has 4 heteroatoms. The van der Waals surface area contributed by atoms with Crippen LogP contribution in [0.3, 0.4) is 0 Å². The highest BCUT2D eigenvalue weighted by molar-refractivity contribution is 9.10. The minimum atomic E-state index is -0.183. The Hall–Kier alpha value is -1.47. The number of anilines is 1. The van der Waals surface area contributed by atoms with E-state index in [1.807, 2.05) is 6.92 Å². The molecule has 0 radical (unpaired) electrons. The summed E-state index contributed by atoms with van der Waals surface area (Å²) in [7, 11) is 0. The van der Waals surface area contributed by atoms with E-state index in [9.17, 15) is 4.79 Å². The van der Waals surface area contributed by atoms with Crippen molar-refractivity contribution in [3.05, 3.63) is 28.2 Å². The smallest absolute Gasteiger partial charge is 0.253 e. The summed E-state index contributed by atoms with van der Waals surface area (Å²) in [5.74, 6) is 2.36. The zero-order valence-corrected chi connectivity index (χ0v) is 11.3. The predicted octanol–water partition coefficient (Wildman–Crippen LogP) is 2.56. The Morgan fingerprint density at radius 3 is 2.88 bits per heavy atom. The minimum Gasteiger partial charge on any atom is -0.398 e. The summed E-state index contributed by atoms with van der Waals surface area (Å²) in [6, 6.07) is 5.18. The van der Waals surface area contributed by atoms with Gasteiger partial charge in [-0.3, -0.25) is 4.79 Å². The first-order valence-corrected chi connectivity index (χ1v) is 6.17. The van der Waals surface area contributed by atoms with Crippen LogP contribution in [0.25, 0.3) is 0 Å². The van der Waals surface area contributed by atoms with Crippen molar-refractivity contribution in [3.8, 4) is 12.3 Å². The Morgan fingerprint density at radius 2 is 2.35 bits per heavy atom. The zero-order valence-electron chi connectivity index (χ0n) is 9.66. The van der Waals surface area contributed by atoms with Crippen LogP contribution in [-0.4, -0.2) is 11.9 Å². The van der Waals surface area contributed by atoms with E-state index in [4.69, 9.17) is 12.2 Å². The van der Waals surface area contributed by atoms with E-state index in [0.29, 0.717) is 17.7 Å². The molecule has 1 rings (SSSR count). The maximum Gasteiger partial charge on any atom is 0.253 e. The number of hydrogen-bond acceptors (Lipinski definition) is 2. The van der Waals surface area contributed by atoms with Gasteiger partial charge in [0.15, 0.2) is 0 Å². The van der Waals surface area contributed by atoms with Gasteiger partial charge in [0.05, 0.1) is 5.56 Å². The molecule has 90 valence electrons. The number of nitrogen functional groups attached to an aromatic ring is 1. The standard InChI is InChI=1S/C13H15BrN2O/c1-3-5-10(4-2)16-13(17)11-7-6-9(14)8-12(11)15/h1,6-8,10H,4-5,15H2,2H3,(H,16,17).